The van der Waals surface area contributed by atoms with E-state index in [0.29, 0.717) is 0 Å². The van der Waals surface area contributed by atoms with Gasteiger partial charge < -0.3 is 4.74 Å². The first-order valence-electron chi connectivity index (χ1n) is 5.48. The highest BCUT2D eigenvalue weighted by atomic mass is 32.2. The lowest BCUT2D eigenvalue weighted by atomic mass is 10.3. The molecule has 1 aromatic carbocycles. The van der Waals surface area contributed by atoms with Gasteiger partial charge in [0.1, 0.15) is 5.75 Å². The molecule has 0 aliphatic rings. The Morgan fingerprint density at radius 1 is 1.48 bits per heavy atom. The Morgan fingerprint density at radius 2 is 2.24 bits per heavy atom. The van der Waals surface area contributed by atoms with Gasteiger partial charge in [0.05, 0.1) is 24.6 Å². The second kappa shape index (κ2) is 5.80. The van der Waals surface area contributed by atoms with Gasteiger partial charge in [-0.05, 0) is 12.1 Å². The van der Waals surface area contributed by atoms with Gasteiger partial charge in [-0.2, -0.15) is 5.21 Å². The number of nitrogens with one attached hydrogen (secondary N) is 2. The molecule has 0 saturated heterocycles. The van der Waals surface area contributed by atoms with E-state index in [1.54, 1.807) is 0 Å². The van der Waals surface area contributed by atoms with E-state index in [2.05, 4.69) is 25.3 Å². The Labute approximate surface area is 118 Å². The van der Waals surface area contributed by atoms with Crippen molar-refractivity contribution in [2.24, 2.45) is 0 Å². The summed E-state index contributed by atoms with van der Waals surface area (Å²) in [5, 5.41) is 23.6. The Bertz CT molecular complexity index is 744. The van der Waals surface area contributed by atoms with Gasteiger partial charge in [0.25, 0.3) is 5.69 Å². The largest absolute Gasteiger partial charge is 0.497 e. The molecule has 0 saturated carbocycles. The molecule has 0 fully saturated rings. The summed E-state index contributed by atoms with van der Waals surface area (Å²) in [5.41, 5.74) is -0.588. The molecule has 0 spiro atoms. The monoisotopic (exact) mass is 314 g/mol. The summed E-state index contributed by atoms with van der Waals surface area (Å²) in [4.78, 5) is 9.71. The number of aromatic nitrogens is 4. The van der Waals surface area contributed by atoms with E-state index in [-0.39, 0.29) is 18.1 Å². The van der Waals surface area contributed by atoms with E-state index in [9.17, 15) is 18.5 Å². The average Bonchev–Trinajstić information content (AvgIpc) is 2.98. The lowest BCUT2D eigenvalue weighted by molar-refractivity contribution is -0.387. The summed E-state index contributed by atoms with van der Waals surface area (Å²) in [5.74, 6) is 0.286. The van der Waals surface area contributed by atoms with Crippen LogP contribution in [-0.2, 0) is 16.6 Å². The minimum atomic E-state index is -4.11. The van der Waals surface area contributed by atoms with Crippen molar-refractivity contribution >= 4 is 15.7 Å². The van der Waals surface area contributed by atoms with Gasteiger partial charge in [-0.3, -0.25) is 10.1 Å². The Hall–Kier alpha value is -2.60. The van der Waals surface area contributed by atoms with E-state index < -0.39 is 25.5 Å². The van der Waals surface area contributed by atoms with Crippen LogP contribution in [0, 0.1) is 10.1 Å². The molecule has 0 aliphatic carbocycles. The molecule has 1 aromatic heterocycles. The SMILES string of the molecule is COc1ccc(S(=O)(=O)NCc2nn[nH]n2)c([N+](=O)[O-])c1. The van der Waals surface area contributed by atoms with Crippen LogP contribution < -0.4 is 9.46 Å². The number of hydrogen-bond donors (Lipinski definition) is 2. The molecular formula is C9H10N6O5S. The summed E-state index contributed by atoms with van der Waals surface area (Å²) in [6, 6.07) is 3.44. The van der Waals surface area contributed by atoms with E-state index in [1.807, 2.05) is 0 Å². The van der Waals surface area contributed by atoms with Crippen molar-refractivity contribution in [2.45, 2.75) is 11.4 Å². The van der Waals surface area contributed by atoms with Crippen molar-refractivity contribution in [3.63, 3.8) is 0 Å². The van der Waals surface area contributed by atoms with E-state index in [1.165, 1.54) is 13.2 Å². The number of tetrazole rings is 1. The van der Waals surface area contributed by atoms with Gasteiger partial charge >= 0.3 is 0 Å². The number of ether oxygens (including phenoxy) is 1. The van der Waals surface area contributed by atoms with Crippen molar-refractivity contribution < 1.29 is 18.1 Å². The molecule has 0 unspecified atom stereocenters. The molecule has 0 atom stereocenters. The van der Waals surface area contributed by atoms with Crippen LogP contribution in [0.25, 0.3) is 0 Å². The van der Waals surface area contributed by atoms with Gasteiger partial charge in [-0.1, -0.05) is 5.21 Å². The second-order valence-corrected chi connectivity index (χ2v) is 5.48. The minimum Gasteiger partial charge on any atom is -0.497 e. The summed E-state index contributed by atoms with van der Waals surface area (Å²) >= 11 is 0. The quantitative estimate of drug-likeness (QED) is 0.539. The normalized spacial score (nSPS) is 11.3. The van der Waals surface area contributed by atoms with Crippen LogP contribution in [0.1, 0.15) is 5.82 Å². The van der Waals surface area contributed by atoms with Crippen LogP contribution in [0.4, 0.5) is 5.69 Å². The van der Waals surface area contributed by atoms with Gasteiger partial charge in [0, 0.05) is 0 Å². The Kier molecular flexibility index (Phi) is 4.09. The van der Waals surface area contributed by atoms with Gasteiger partial charge in [-0.15, -0.1) is 10.2 Å². The molecule has 2 N–H and O–H groups in total. The predicted octanol–water partition coefficient (Wildman–Crippen LogP) is -0.405. The van der Waals surface area contributed by atoms with E-state index >= 15 is 0 Å². The summed E-state index contributed by atoms with van der Waals surface area (Å²) in [6.07, 6.45) is 0. The fourth-order valence-corrected chi connectivity index (χ4v) is 2.62. The molecule has 1 heterocycles. The fourth-order valence-electron chi connectivity index (χ4n) is 1.49. The molecule has 11 nitrogen and oxygen atoms in total. The molecular weight excluding hydrogens is 304 g/mol. The number of nitrogens with zero attached hydrogens (tertiary/aromatic N) is 4. The van der Waals surface area contributed by atoms with Crippen molar-refractivity contribution in [3.8, 4) is 5.75 Å². The Balaban J connectivity index is 2.32. The number of hydrogen-bond acceptors (Lipinski definition) is 8. The van der Waals surface area contributed by atoms with Crippen molar-refractivity contribution in [1.29, 1.82) is 0 Å². The average molecular weight is 314 g/mol. The summed E-state index contributed by atoms with van der Waals surface area (Å²) < 4.78 is 31.2. The summed E-state index contributed by atoms with van der Waals surface area (Å²) in [7, 11) is -2.78. The van der Waals surface area contributed by atoms with Crippen molar-refractivity contribution in [3.05, 3.63) is 34.1 Å². The number of benzene rings is 1. The first-order chi connectivity index (χ1) is 9.94. The first kappa shape index (κ1) is 14.8. The maximum atomic E-state index is 12.1. The number of sulfonamides is 1. The number of aromatic amines is 1. The van der Waals surface area contributed by atoms with Crippen LogP contribution in [0.5, 0.6) is 5.75 Å². The van der Waals surface area contributed by atoms with Crippen molar-refractivity contribution in [1.82, 2.24) is 25.3 Å². The smallest absolute Gasteiger partial charge is 0.293 e. The minimum absolute atomic E-state index is 0.106. The highest BCUT2D eigenvalue weighted by Crippen LogP contribution is 2.28. The third-order valence-corrected chi connectivity index (χ3v) is 3.91. The van der Waals surface area contributed by atoms with Crippen LogP contribution in [0.2, 0.25) is 0 Å². The molecule has 2 aromatic rings. The van der Waals surface area contributed by atoms with E-state index in [4.69, 9.17) is 4.74 Å². The maximum Gasteiger partial charge on any atom is 0.293 e. The van der Waals surface area contributed by atoms with Crippen LogP contribution in [0.3, 0.4) is 0 Å². The standard InChI is InChI=1S/C9H10N6O5S/c1-20-6-2-3-8(7(4-6)15(16)17)21(18,19)10-5-9-11-13-14-12-9/h2-4,10H,5H2,1H3,(H,11,12,13,14). The highest BCUT2D eigenvalue weighted by Gasteiger charge is 2.26. The van der Waals surface area contributed by atoms with Crippen LogP contribution in [-0.4, -0.2) is 41.1 Å². The lowest BCUT2D eigenvalue weighted by Crippen LogP contribution is -2.24. The fraction of sp³-hybridized carbons (Fsp3) is 0.222. The van der Waals surface area contributed by atoms with Crippen LogP contribution >= 0.6 is 0 Å². The predicted molar refractivity (Wildman–Crippen MR) is 67.9 cm³/mol. The summed E-state index contributed by atoms with van der Waals surface area (Å²) in [6.45, 7) is -0.248. The zero-order valence-electron chi connectivity index (χ0n) is 10.7. The molecule has 0 amide bonds. The molecule has 21 heavy (non-hydrogen) atoms. The third-order valence-electron chi connectivity index (χ3n) is 2.46. The van der Waals surface area contributed by atoms with Crippen molar-refractivity contribution in [2.75, 3.05) is 7.11 Å². The number of nitro groups is 1. The van der Waals surface area contributed by atoms with Gasteiger partial charge in [0.15, 0.2) is 10.7 Å². The zero-order valence-corrected chi connectivity index (χ0v) is 11.5. The molecule has 112 valence electrons. The van der Waals surface area contributed by atoms with Gasteiger partial charge in [-0.25, -0.2) is 13.1 Å². The van der Waals surface area contributed by atoms with Crippen LogP contribution in [0.15, 0.2) is 23.1 Å². The molecule has 2 rings (SSSR count). The Morgan fingerprint density at radius 3 is 2.81 bits per heavy atom. The molecule has 0 bridgehead atoms. The zero-order chi connectivity index (χ0) is 15.5. The number of methoxy groups -OCH3 is 1. The molecule has 0 radical (unpaired) electrons. The number of rotatable bonds is 6. The topological polar surface area (TPSA) is 153 Å². The molecule has 0 aliphatic heterocycles. The second-order valence-electron chi connectivity index (χ2n) is 3.74. The van der Waals surface area contributed by atoms with E-state index in [0.717, 1.165) is 12.1 Å². The number of nitro benzene ring substituents is 1. The molecule has 12 heteroatoms. The third kappa shape index (κ3) is 3.29. The highest BCUT2D eigenvalue weighted by molar-refractivity contribution is 7.89. The lowest BCUT2D eigenvalue weighted by Gasteiger charge is -2.07. The maximum absolute atomic E-state index is 12.1. The number of H-pyrrole nitrogens is 1. The van der Waals surface area contributed by atoms with Gasteiger partial charge in [0.2, 0.25) is 10.0 Å². The first-order valence-corrected chi connectivity index (χ1v) is 6.97.